The van der Waals surface area contributed by atoms with Crippen LogP contribution >= 0.6 is 0 Å². The summed E-state index contributed by atoms with van der Waals surface area (Å²) in [6.07, 6.45) is -0.367. The van der Waals surface area contributed by atoms with Crippen molar-refractivity contribution in [1.82, 2.24) is 16.0 Å². The minimum absolute atomic E-state index is 0.148. The van der Waals surface area contributed by atoms with Gasteiger partial charge in [-0.2, -0.15) is 0 Å². The van der Waals surface area contributed by atoms with Crippen molar-refractivity contribution in [2.24, 2.45) is 11.5 Å². The van der Waals surface area contributed by atoms with E-state index < -0.39 is 60.4 Å². The van der Waals surface area contributed by atoms with Gasteiger partial charge in [0.15, 0.2) is 0 Å². The molecule has 0 spiro atoms. The van der Waals surface area contributed by atoms with Gasteiger partial charge in [0.25, 0.3) is 0 Å². The molecule has 9 N–H and O–H groups in total. The van der Waals surface area contributed by atoms with E-state index >= 15 is 0 Å². The summed E-state index contributed by atoms with van der Waals surface area (Å²) in [5, 5.41) is 24.6. The topological polar surface area (TPSA) is 214 Å². The minimum Gasteiger partial charge on any atom is -0.480 e. The molecule has 26 heavy (non-hydrogen) atoms. The molecule has 148 valence electrons. The van der Waals surface area contributed by atoms with E-state index in [-0.39, 0.29) is 12.8 Å². The van der Waals surface area contributed by atoms with Gasteiger partial charge in [-0.05, 0) is 20.3 Å². The number of amides is 4. The Kier molecular flexibility index (Phi) is 9.84. The molecule has 0 aliphatic carbocycles. The van der Waals surface area contributed by atoms with E-state index in [9.17, 15) is 29.1 Å². The number of nitrogens with two attached hydrogens (primary N) is 2. The van der Waals surface area contributed by atoms with Gasteiger partial charge in [-0.15, -0.1) is 0 Å². The van der Waals surface area contributed by atoms with Crippen molar-refractivity contribution in [2.45, 2.75) is 50.9 Å². The van der Waals surface area contributed by atoms with Crippen LogP contribution in [0.3, 0.4) is 0 Å². The Bertz CT molecular complexity index is 552. The number of carboxylic acids is 1. The molecular weight excluding hydrogens is 350 g/mol. The summed E-state index contributed by atoms with van der Waals surface area (Å²) >= 11 is 0. The summed E-state index contributed by atoms with van der Waals surface area (Å²) < 4.78 is 0. The highest BCUT2D eigenvalue weighted by molar-refractivity contribution is 5.94. The van der Waals surface area contributed by atoms with Crippen molar-refractivity contribution in [3.63, 3.8) is 0 Å². The fourth-order valence-electron chi connectivity index (χ4n) is 1.70. The van der Waals surface area contributed by atoms with E-state index in [4.69, 9.17) is 16.6 Å². The van der Waals surface area contributed by atoms with Crippen molar-refractivity contribution < 1.29 is 34.2 Å². The van der Waals surface area contributed by atoms with Gasteiger partial charge < -0.3 is 37.6 Å². The van der Waals surface area contributed by atoms with Crippen molar-refractivity contribution in [1.29, 1.82) is 0 Å². The number of aliphatic hydroxyl groups excluding tert-OH is 1. The molecule has 12 nitrogen and oxygen atoms in total. The van der Waals surface area contributed by atoms with Gasteiger partial charge in [0, 0.05) is 6.42 Å². The van der Waals surface area contributed by atoms with Crippen LogP contribution in [0.2, 0.25) is 0 Å². The highest BCUT2D eigenvalue weighted by Crippen LogP contribution is 2.00. The van der Waals surface area contributed by atoms with Gasteiger partial charge in [-0.3, -0.25) is 24.0 Å². The SMILES string of the molecule is CC(N)C(=O)NC(CCC(N)=O)C(=O)NC(CO)C(=O)NC(C)C(=O)O. The Morgan fingerprint density at radius 1 is 0.923 bits per heavy atom. The normalized spacial score (nSPS) is 15.1. The molecule has 4 unspecified atom stereocenters. The first-order chi connectivity index (χ1) is 12.0. The molecule has 0 radical (unpaired) electrons. The number of hydrogen-bond acceptors (Lipinski definition) is 7. The molecule has 0 aliphatic heterocycles. The van der Waals surface area contributed by atoms with Crippen LogP contribution in [0.1, 0.15) is 26.7 Å². The first-order valence-corrected chi connectivity index (χ1v) is 7.78. The standard InChI is InChI=1S/C14H25N5O7/c1-6(15)11(22)18-8(3-4-10(16)21)12(23)19-9(5-20)13(24)17-7(2)14(25)26/h6-9,20H,3-5,15H2,1-2H3,(H2,16,21)(H,17,24)(H,18,22)(H,19,23)(H,25,26). The Morgan fingerprint density at radius 2 is 1.42 bits per heavy atom. The zero-order chi connectivity index (χ0) is 20.4. The van der Waals surface area contributed by atoms with E-state index in [0.717, 1.165) is 0 Å². The summed E-state index contributed by atoms with van der Waals surface area (Å²) in [5.74, 6) is -4.46. The predicted octanol–water partition coefficient (Wildman–Crippen LogP) is -3.85. The quantitative estimate of drug-likeness (QED) is 0.189. The van der Waals surface area contributed by atoms with Gasteiger partial charge in [-0.1, -0.05) is 0 Å². The Hall–Kier alpha value is -2.73. The van der Waals surface area contributed by atoms with Crippen LogP contribution in [-0.2, 0) is 24.0 Å². The molecule has 0 saturated heterocycles. The Morgan fingerprint density at radius 3 is 1.85 bits per heavy atom. The number of nitrogens with one attached hydrogen (secondary N) is 3. The largest absolute Gasteiger partial charge is 0.480 e. The Balaban J connectivity index is 5.04. The average Bonchev–Trinajstić information content (AvgIpc) is 2.54. The maximum Gasteiger partial charge on any atom is 0.325 e. The number of carbonyl (C=O) groups is 5. The lowest BCUT2D eigenvalue weighted by molar-refractivity contribution is -0.142. The maximum atomic E-state index is 12.3. The lowest BCUT2D eigenvalue weighted by Crippen LogP contribution is -2.57. The number of aliphatic carboxylic acids is 1. The Labute approximate surface area is 149 Å². The van der Waals surface area contributed by atoms with Crippen molar-refractivity contribution >= 4 is 29.6 Å². The lowest BCUT2D eigenvalue weighted by atomic mass is 10.1. The van der Waals surface area contributed by atoms with E-state index in [1.165, 1.54) is 13.8 Å². The third kappa shape index (κ3) is 8.39. The van der Waals surface area contributed by atoms with Crippen LogP contribution in [0.4, 0.5) is 0 Å². The predicted molar refractivity (Wildman–Crippen MR) is 88.3 cm³/mol. The zero-order valence-electron chi connectivity index (χ0n) is 14.5. The van der Waals surface area contributed by atoms with Crippen LogP contribution in [0, 0.1) is 0 Å². The lowest BCUT2D eigenvalue weighted by Gasteiger charge is -2.23. The summed E-state index contributed by atoms with van der Waals surface area (Å²) in [7, 11) is 0. The number of aliphatic hydroxyl groups is 1. The molecule has 4 amide bonds. The highest BCUT2D eigenvalue weighted by Gasteiger charge is 2.28. The van der Waals surface area contributed by atoms with Crippen molar-refractivity contribution in [3.05, 3.63) is 0 Å². The second-order valence-electron chi connectivity index (χ2n) is 5.67. The molecule has 4 atom stereocenters. The number of carboxylic acid groups (broad SMARTS) is 1. The van der Waals surface area contributed by atoms with Crippen LogP contribution < -0.4 is 27.4 Å². The molecule has 12 heteroatoms. The van der Waals surface area contributed by atoms with E-state index in [0.29, 0.717) is 0 Å². The maximum absolute atomic E-state index is 12.3. The summed E-state index contributed by atoms with van der Waals surface area (Å²) in [6.45, 7) is 1.78. The number of carbonyl (C=O) groups excluding carboxylic acids is 4. The fraction of sp³-hybridized carbons (Fsp3) is 0.643. The third-order valence-corrected chi connectivity index (χ3v) is 3.27. The molecule has 0 heterocycles. The molecule has 0 bridgehead atoms. The number of hydrogen-bond donors (Lipinski definition) is 7. The highest BCUT2D eigenvalue weighted by atomic mass is 16.4. The molecular formula is C14H25N5O7. The van der Waals surface area contributed by atoms with Gasteiger partial charge in [0.05, 0.1) is 12.6 Å². The van der Waals surface area contributed by atoms with Crippen LogP contribution in [0.15, 0.2) is 0 Å². The van der Waals surface area contributed by atoms with Gasteiger partial charge >= 0.3 is 5.97 Å². The molecule has 0 aromatic carbocycles. The van der Waals surface area contributed by atoms with Gasteiger partial charge in [0.1, 0.15) is 18.1 Å². The van der Waals surface area contributed by atoms with E-state index in [1.807, 2.05) is 0 Å². The fourth-order valence-corrected chi connectivity index (χ4v) is 1.70. The van der Waals surface area contributed by atoms with Crippen molar-refractivity contribution in [2.75, 3.05) is 6.61 Å². The first kappa shape index (κ1) is 23.3. The second kappa shape index (κ2) is 11.0. The van der Waals surface area contributed by atoms with Crippen LogP contribution in [0.5, 0.6) is 0 Å². The van der Waals surface area contributed by atoms with Crippen molar-refractivity contribution in [3.8, 4) is 0 Å². The second-order valence-corrected chi connectivity index (χ2v) is 5.67. The number of primary amides is 1. The molecule has 0 aromatic rings. The molecule has 0 aliphatic rings. The molecule has 0 rings (SSSR count). The van der Waals surface area contributed by atoms with Crippen LogP contribution in [0.25, 0.3) is 0 Å². The monoisotopic (exact) mass is 375 g/mol. The van der Waals surface area contributed by atoms with Crippen LogP contribution in [-0.4, -0.2) is 70.6 Å². The zero-order valence-corrected chi connectivity index (χ0v) is 14.5. The molecule has 0 aromatic heterocycles. The third-order valence-electron chi connectivity index (χ3n) is 3.27. The summed E-state index contributed by atoms with van der Waals surface area (Å²) in [4.78, 5) is 57.5. The van der Waals surface area contributed by atoms with E-state index in [1.54, 1.807) is 0 Å². The van der Waals surface area contributed by atoms with Gasteiger partial charge in [-0.25, -0.2) is 0 Å². The average molecular weight is 375 g/mol. The summed E-state index contributed by atoms with van der Waals surface area (Å²) in [5.41, 5.74) is 10.4. The molecule has 0 fully saturated rings. The first-order valence-electron chi connectivity index (χ1n) is 7.78. The van der Waals surface area contributed by atoms with E-state index in [2.05, 4.69) is 16.0 Å². The van der Waals surface area contributed by atoms with Gasteiger partial charge in [0.2, 0.25) is 23.6 Å². The summed E-state index contributed by atoms with van der Waals surface area (Å²) in [6, 6.07) is -4.84. The smallest absolute Gasteiger partial charge is 0.325 e. The number of rotatable bonds is 11. The molecule has 0 saturated carbocycles. The minimum atomic E-state index is -1.45.